The Hall–Kier alpha value is -2.08. The van der Waals surface area contributed by atoms with Crippen molar-refractivity contribution in [3.05, 3.63) is 24.1 Å². The summed E-state index contributed by atoms with van der Waals surface area (Å²) < 4.78 is 16.0. The molecule has 2 rings (SSSR count). The van der Waals surface area contributed by atoms with Crippen molar-refractivity contribution in [3.63, 3.8) is 0 Å². The first kappa shape index (κ1) is 13.4. The van der Waals surface area contributed by atoms with Gasteiger partial charge in [0.1, 0.15) is 11.5 Å². The quantitative estimate of drug-likeness (QED) is 0.890. The molecule has 102 valence electrons. The van der Waals surface area contributed by atoms with Crippen molar-refractivity contribution >= 4 is 0 Å². The molecule has 0 amide bonds. The number of aromatic nitrogens is 2. The summed E-state index contributed by atoms with van der Waals surface area (Å²) in [5, 5.41) is 7.95. The number of rotatable bonds is 5. The van der Waals surface area contributed by atoms with E-state index in [-0.39, 0.29) is 6.04 Å². The maximum absolute atomic E-state index is 5.85. The van der Waals surface area contributed by atoms with Crippen LogP contribution in [0.15, 0.2) is 22.6 Å². The van der Waals surface area contributed by atoms with Crippen molar-refractivity contribution in [3.8, 4) is 23.0 Å². The van der Waals surface area contributed by atoms with E-state index in [0.717, 1.165) is 6.42 Å². The fraction of sp³-hybridized carbons (Fsp3) is 0.385. The maximum Gasteiger partial charge on any atom is 0.251 e. The summed E-state index contributed by atoms with van der Waals surface area (Å²) in [5.74, 6) is 2.12. The average molecular weight is 263 g/mol. The fourth-order valence-electron chi connectivity index (χ4n) is 1.64. The molecule has 1 atom stereocenters. The number of nitrogens with zero attached hydrogens (tertiary/aromatic N) is 2. The molecule has 19 heavy (non-hydrogen) atoms. The minimum absolute atomic E-state index is 0.245. The molecule has 0 saturated heterocycles. The van der Waals surface area contributed by atoms with Gasteiger partial charge in [-0.3, -0.25) is 0 Å². The molecule has 0 spiro atoms. The van der Waals surface area contributed by atoms with Gasteiger partial charge in [-0.25, -0.2) is 0 Å². The maximum atomic E-state index is 5.85. The van der Waals surface area contributed by atoms with Crippen molar-refractivity contribution in [1.29, 1.82) is 0 Å². The van der Waals surface area contributed by atoms with Crippen LogP contribution in [0.5, 0.6) is 11.5 Å². The Bertz CT molecular complexity index is 554. The topological polar surface area (TPSA) is 83.4 Å². The lowest BCUT2D eigenvalue weighted by Gasteiger charge is -2.07. The third kappa shape index (κ3) is 2.68. The van der Waals surface area contributed by atoms with E-state index in [0.29, 0.717) is 28.8 Å². The standard InChI is InChI=1S/C13H17N3O3/c1-4-10(14)13-16-15-12(19-13)9-6-5-8(17-2)7-11(9)18-3/h5-7,10H,4,14H2,1-3H3. The minimum atomic E-state index is -0.245. The zero-order chi connectivity index (χ0) is 13.8. The second-order valence-corrected chi connectivity index (χ2v) is 4.03. The van der Waals surface area contributed by atoms with Crippen LogP contribution >= 0.6 is 0 Å². The van der Waals surface area contributed by atoms with E-state index in [1.807, 2.05) is 19.1 Å². The van der Waals surface area contributed by atoms with Gasteiger partial charge in [0.15, 0.2) is 0 Å². The normalized spacial score (nSPS) is 12.2. The smallest absolute Gasteiger partial charge is 0.251 e. The third-order valence-electron chi connectivity index (χ3n) is 2.84. The average Bonchev–Trinajstić information content (AvgIpc) is 2.95. The first-order valence-corrected chi connectivity index (χ1v) is 6.01. The predicted octanol–water partition coefficient (Wildman–Crippen LogP) is 2.16. The molecule has 1 unspecified atom stereocenters. The SMILES string of the molecule is CCC(N)c1nnc(-c2ccc(OC)cc2OC)o1. The summed E-state index contributed by atoms with van der Waals surface area (Å²) in [5.41, 5.74) is 6.57. The zero-order valence-electron chi connectivity index (χ0n) is 11.2. The molecule has 2 N–H and O–H groups in total. The van der Waals surface area contributed by atoms with Crippen LogP contribution in [0.25, 0.3) is 11.5 Å². The van der Waals surface area contributed by atoms with Gasteiger partial charge < -0.3 is 19.6 Å². The molecule has 0 aliphatic carbocycles. The summed E-state index contributed by atoms with van der Waals surface area (Å²) >= 11 is 0. The molecule has 1 heterocycles. The lowest BCUT2D eigenvalue weighted by molar-refractivity contribution is 0.393. The molecule has 2 aromatic rings. The number of benzene rings is 1. The Kier molecular flexibility index (Phi) is 4.01. The summed E-state index contributed by atoms with van der Waals surface area (Å²) in [6.45, 7) is 1.96. The van der Waals surface area contributed by atoms with Crippen LogP contribution in [-0.4, -0.2) is 24.4 Å². The predicted molar refractivity (Wildman–Crippen MR) is 70.1 cm³/mol. The van der Waals surface area contributed by atoms with Gasteiger partial charge in [0.05, 0.1) is 25.8 Å². The van der Waals surface area contributed by atoms with E-state index < -0.39 is 0 Å². The number of hydrogen-bond donors (Lipinski definition) is 1. The molecule has 1 aromatic heterocycles. The fourth-order valence-corrected chi connectivity index (χ4v) is 1.64. The van der Waals surface area contributed by atoms with E-state index >= 15 is 0 Å². The Balaban J connectivity index is 2.38. The van der Waals surface area contributed by atoms with Crippen LogP contribution in [0.2, 0.25) is 0 Å². The van der Waals surface area contributed by atoms with Gasteiger partial charge in [0.2, 0.25) is 5.89 Å². The van der Waals surface area contributed by atoms with Gasteiger partial charge in [0.25, 0.3) is 5.89 Å². The molecule has 0 aliphatic heterocycles. The van der Waals surface area contributed by atoms with Crippen LogP contribution in [0.4, 0.5) is 0 Å². The molecule has 0 radical (unpaired) electrons. The van der Waals surface area contributed by atoms with Gasteiger partial charge in [-0.15, -0.1) is 10.2 Å². The summed E-state index contributed by atoms with van der Waals surface area (Å²) in [4.78, 5) is 0. The number of ether oxygens (including phenoxy) is 2. The zero-order valence-corrected chi connectivity index (χ0v) is 11.2. The molecular weight excluding hydrogens is 246 g/mol. The highest BCUT2D eigenvalue weighted by atomic mass is 16.5. The van der Waals surface area contributed by atoms with E-state index in [4.69, 9.17) is 19.6 Å². The lowest BCUT2D eigenvalue weighted by atomic mass is 10.2. The molecule has 1 aromatic carbocycles. The van der Waals surface area contributed by atoms with E-state index in [9.17, 15) is 0 Å². The van der Waals surface area contributed by atoms with Gasteiger partial charge in [-0.05, 0) is 18.6 Å². The molecule has 6 heteroatoms. The molecule has 0 fully saturated rings. The number of nitrogens with two attached hydrogens (primary N) is 1. The van der Waals surface area contributed by atoms with E-state index in [1.165, 1.54) is 0 Å². The highest BCUT2D eigenvalue weighted by Crippen LogP contribution is 2.33. The van der Waals surface area contributed by atoms with Crippen molar-refractivity contribution < 1.29 is 13.9 Å². The third-order valence-corrected chi connectivity index (χ3v) is 2.84. The van der Waals surface area contributed by atoms with Crippen LogP contribution < -0.4 is 15.2 Å². The van der Waals surface area contributed by atoms with Gasteiger partial charge in [-0.1, -0.05) is 6.92 Å². The largest absolute Gasteiger partial charge is 0.497 e. The van der Waals surface area contributed by atoms with Crippen molar-refractivity contribution in [2.75, 3.05) is 14.2 Å². The van der Waals surface area contributed by atoms with Crippen molar-refractivity contribution in [2.24, 2.45) is 5.73 Å². The second-order valence-electron chi connectivity index (χ2n) is 4.03. The Morgan fingerprint density at radius 3 is 2.68 bits per heavy atom. The highest BCUT2D eigenvalue weighted by molar-refractivity contribution is 5.64. The lowest BCUT2D eigenvalue weighted by Crippen LogP contribution is -2.08. The van der Waals surface area contributed by atoms with Crippen LogP contribution in [0.3, 0.4) is 0 Å². The van der Waals surface area contributed by atoms with Crippen LogP contribution in [0.1, 0.15) is 25.3 Å². The monoisotopic (exact) mass is 263 g/mol. The second kappa shape index (κ2) is 5.71. The minimum Gasteiger partial charge on any atom is -0.497 e. The van der Waals surface area contributed by atoms with Crippen LogP contribution in [0, 0.1) is 0 Å². The molecule has 0 bridgehead atoms. The molecule has 6 nitrogen and oxygen atoms in total. The molecule has 0 aliphatic rings. The summed E-state index contributed by atoms with van der Waals surface area (Å²) in [6, 6.07) is 5.14. The highest BCUT2D eigenvalue weighted by Gasteiger charge is 2.17. The Labute approximate surface area is 111 Å². The number of hydrogen-bond acceptors (Lipinski definition) is 6. The van der Waals surface area contributed by atoms with Gasteiger partial charge in [0, 0.05) is 6.07 Å². The first-order chi connectivity index (χ1) is 9.19. The number of methoxy groups -OCH3 is 2. The van der Waals surface area contributed by atoms with Crippen molar-refractivity contribution in [2.45, 2.75) is 19.4 Å². The van der Waals surface area contributed by atoms with Gasteiger partial charge in [-0.2, -0.15) is 0 Å². The Morgan fingerprint density at radius 2 is 2.05 bits per heavy atom. The van der Waals surface area contributed by atoms with Crippen LogP contribution in [-0.2, 0) is 0 Å². The van der Waals surface area contributed by atoms with Crippen molar-refractivity contribution in [1.82, 2.24) is 10.2 Å². The summed E-state index contributed by atoms with van der Waals surface area (Å²) in [6.07, 6.45) is 0.737. The Morgan fingerprint density at radius 1 is 1.26 bits per heavy atom. The first-order valence-electron chi connectivity index (χ1n) is 6.01. The van der Waals surface area contributed by atoms with E-state index in [1.54, 1.807) is 20.3 Å². The molecular formula is C13H17N3O3. The van der Waals surface area contributed by atoms with E-state index in [2.05, 4.69) is 10.2 Å². The summed E-state index contributed by atoms with van der Waals surface area (Å²) in [7, 11) is 3.17. The molecule has 0 saturated carbocycles. The van der Waals surface area contributed by atoms with Gasteiger partial charge >= 0.3 is 0 Å².